The second-order valence-electron chi connectivity index (χ2n) is 45.9. The minimum atomic E-state index is -1.31. The summed E-state index contributed by atoms with van der Waals surface area (Å²) in [5.41, 5.74) is 17.5. The Morgan fingerprint density at radius 3 is 1.34 bits per heavy atom. The molecule has 19 rings (SSSR count). The average Bonchev–Trinajstić information content (AvgIpc) is 1.60. The van der Waals surface area contributed by atoms with Gasteiger partial charge in [0.2, 0.25) is 5.88 Å². The molecule has 5 N–H and O–H groups in total. The summed E-state index contributed by atoms with van der Waals surface area (Å²) in [6, 6.07) is 41.1. The lowest BCUT2D eigenvalue weighted by Gasteiger charge is -2.44. The molecule has 0 bridgehead atoms. The van der Waals surface area contributed by atoms with E-state index in [4.69, 9.17) is 62.2 Å². The number of benzene rings is 4. The van der Waals surface area contributed by atoms with E-state index in [0.29, 0.717) is 60.1 Å². The first-order valence-electron chi connectivity index (χ1n) is 50.3. The zero-order chi connectivity index (χ0) is 104. The highest BCUT2D eigenvalue weighted by atomic mass is 35.5. The van der Waals surface area contributed by atoms with Crippen molar-refractivity contribution < 1.29 is 50.8 Å². The van der Waals surface area contributed by atoms with Gasteiger partial charge < -0.3 is 54.2 Å². The molecule has 0 radical (unpaired) electrons. The summed E-state index contributed by atoms with van der Waals surface area (Å²) < 4.78 is 71.1. The molecular formula is C110H143Cl3N16O12S5. The number of pyridine rings is 3. The van der Waals surface area contributed by atoms with Gasteiger partial charge in [0.1, 0.15) is 59.5 Å². The average molecular weight is 2150 g/mol. The first-order valence-corrected chi connectivity index (χ1v) is 56.1. The SMILES string of the molecule is CC(C)(C)OC(=O)N1CCC2(CC1)Cc1ccccc1C2=N[S@](=O)C(C)(C)C.CC(C)(C)OC(=O)N1CCC2(CC1)Cc1ccccc1C2=O.CC(C)(C)OC(=O)N1CCC2(CC1)Cc1ccccc1[C@H]2N[S@](=O)C(C)(C)C.COc1nccc(Sc2cnc(N3CCC4(CC3)Cc3cccnc3[C@H]4N[S@](=O)C(C)(C)C)cn2)c1Cl.Cl.N[C@@H]1c2ccccc2CC12CCN(c1cnc(Sc3cc[nH]c(=O)c3Cl)cn1)CC2. The number of amides is 3. The van der Waals surface area contributed by atoms with Crippen LogP contribution in [-0.4, -0.2) is 196 Å². The number of nitrogens with zero attached hydrogens (tertiary/aromatic N) is 12. The number of likely N-dealkylation sites (tertiary alicyclic amines) is 3. The molecule has 3 amide bonds. The number of nitrogens with one attached hydrogen (secondary N) is 3. The summed E-state index contributed by atoms with van der Waals surface area (Å²) in [5.74, 6) is 2.37. The van der Waals surface area contributed by atoms with Gasteiger partial charge in [0.25, 0.3) is 5.56 Å². The van der Waals surface area contributed by atoms with Crippen molar-refractivity contribution in [3.05, 3.63) is 241 Å². The van der Waals surface area contributed by atoms with Gasteiger partial charge in [-0.1, -0.05) is 150 Å². The molecule has 5 spiro atoms. The predicted octanol–water partition coefficient (Wildman–Crippen LogP) is 21.6. The molecule has 28 nitrogen and oxygen atoms in total. The number of methoxy groups -OCH3 is 1. The molecule has 10 heterocycles. The number of rotatable bonds is 12. The highest BCUT2D eigenvalue weighted by Gasteiger charge is 2.55. The van der Waals surface area contributed by atoms with Crippen LogP contribution in [0.25, 0.3) is 0 Å². The number of piperidine rings is 5. The lowest BCUT2D eigenvalue weighted by atomic mass is 9.73. The fraction of sp³-hybridized carbons (Fsp3) is 0.527. The zero-order valence-corrected chi connectivity index (χ0v) is 94.0. The summed E-state index contributed by atoms with van der Waals surface area (Å²) >= 11 is 15.2. The number of fused-ring (bicyclic) bond motifs is 5. The van der Waals surface area contributed by atoms with Crippen molar-refractivity contribution in [2.24, 2.45) is 37.2 Å². The van der Waals surface area contributed by atoms with Crippen LogP contribution in [0.15, 0.2) is 194 Å². The Kier molecular flexibility index (Phi) is 35.0. The van der Waals surface area contributed by atoms with Gasteiger partial charge in [-0.15, -0.1) is 12.4 Å². The smallest absolute Gasteiger partial charge is 0.410 e. The molecule has 4 aromatic carbocycles. The van der Waals surface area contributed by atoms with Crippen LogP contribution in [0.3, 0.4) is 0 Å². The number of halogens is 3. The van der Waals surface area contributed by atoms with Crippen LogP contribution in [0.5, 0.6) is 5.88 Å². The van der Waals surface area contributed by atoms with Crippen LogP contribution in [-0.2, 0) is 79.3 Å². The van der Waals surface area contributed by atoms with Crippen LogP contribution in [0.4, 0.5) is 26.0 Å². The van der Waals surface area contributed by atoms with Crippen molar-refractivity contribution in [1.29, 1.82) is 0 Å². The number of Topliss-reactive ketones (excluding diaryl/α,β-unsaturated/α-hetero) is 1. The lowest BCUT2D eigenvalue weighted by Crippen LogP contribution is -2.49. The van der Waals surface area contributed by atoms with Crippen LogP contribution < -0.4 is 35.3 Å². The van der Waals surface area contributed by atoms with Crippen LogP contribution in [0.1, 0.15) is 268 Å². The fourth-order valence-electron chi connectivity index (χ4n) is 21.2. The molecule has 0 saturated carbocycles. The maximum absolute atomic E-state index is 13.1. The molecule has 786 valence electrons. The van der Waals surface area contributed by atoms with Gasteiger partial charge in [0.15, 0.2) is 5.78 Å². The van der Waals surface area contributed by atoms with E-state index < -0.39 is 54.5 Å². The van der Waals surface area contributed by atoms with Crippen molar-refractivity contribution >= 4 is 133 Å². The molecule has 0 unspecified atom stereocenters. The van der Waals surface area contributed by atoms with Gasteiger partial charge in [-0.25, -0.2) is 61.4 Å². The normalized spacial score (nSPS) is 20.6. The molecule has 5 saturated heterocycles. The molecule has 5 aliphatic carbocycles. The zero-order valence-electron chi connectivity index (χ0n) is 87.5. The first-order chi connectivity index (χ1) is 68.4. The summed E-state index contributed by atoms with van der Waals surface area (Å²) in [4.78, 5) is 103. The minimum absolute atomic E-state index is 0. The third kappa shape index (κ3) is 26.1. The molecule has 5 aromatic heterocycles. The van der Waals surface area contributed by atoms with Gasteiger partial charge in [-0.3, -0.25) is 14.6 Å². The number of carbonyl (C=O) groups is 4. The van der Waals surface area contributed by atoms with E-state index in [1.165, 1.54) is 56.9 Å². The van der Waals surface area contributed by atoms with Gasteiger partial charge in [0, 0.05) is 122 Å². The lowest BCUT2D eigenvalue weighted by molar-refractivity contribution is 0.00699. The van der Waals surface area contributed by atoms with E-state index in [9.17, 15) is 36.6 Å². The van der Waals surface area contributed by atoms with E-state index in [2.05, 4.69) is 111 Å². The Balaban J connectivity index is 0.000000145. The molecule has 9 aromatic rings. The van der Waals surface area contributed by atoms with Crippen LogP contribution >= 0.6 is 59.1 Å². The molecule has 5 fully saturated rings. The van der Waals surface area contributed by atoms with E-state index in [1.807, 2.05) is 190 Å². The van der Waals surface area contributed by atoms with Crippen molar-refractivity contribution in [2.45, 2.75) is 290 Å². The van der Waals surface area contributed by atoms with Crippen molar-refractivity contribution in [2.75, 3.05) is 82.4 Å². The highest BCUT2D eigenvalue weighted by molar-refractivity contribution is 7.99. The number of hydrogen-bond acceptors (Lipinski definition) is 23. The molecule has 5 aliphatic heterocycles. The largest absolute Gasteiger partial charge is 0.480 e. The summed E-state index contributed by atoms with van der Waals surface area (Å²) in [6.45, 7) is 42.1. The standard InChI is InChI=1S/C26H31ClN6O2S2.C22H22ClN5OS.C22H34N2O3S.C22H32N2O3S.C18H23NO3.ClH/c1-25(2,3)37(34)32-23-22-17(6-5-10-28-22)14-26(23)8-12-33(13-9-26)19-15-31-20(16-30-19)36-18-7-11-29-24(35-4)21(18)27;23-19-16(5-8-25-21(19)29)30-18-13-26-17(12-27-18)28-9-6-22(7-10-28)11-14-3-1-2-4-15(14)20(22)24;2*1-20(2,3)27-19(25)24-13-11-22(12-14-24)15-16-9-7-8-10-17(16)18(22)23-28(26)21(4,5)6;1-17(2,3)22-16(21)19-10-8-18(9-11-19)12-13-6-4-5-7-14(13)15(18)20;/h5-7,10-11,15-16,23,32H,8-9,12-14H2,1-4H3;1-5,8,12-13,20H,6-7,9-11,24H2,(H,25,29);7-10,18,23H,11-15H2,1-6H3;7-10H,11-15H2,1-6H3;4-7H,8-12H2,1-3H3;1H/t23-,37-;20-;18-,28-;28-;;/m1111../s1. The van der Waals surface area contributed by atoms with Crippen LogP contribution in [0, 0.1) is 27.1 Å². The molecule has 6 atom stereocenters. The monoisotopic (exact) mass is 2140 g/mol. The maximum atomic E-state index is 13.1. The number of nitrogens with two attached hydrogens (primary N) is 1. The fourth-order valence-corrected chi connectivity index (χ4v) is 25.8. The summed E-state index contributed by atoms with van der Waals surface area (Å²) in [6.07, 6.45) is 24.9. The quantitative estimate of drug-likeness (QED) is 0.0825. The number of H-pyrrole nitrogens is 1. The number of ether oxygens (including phenoxy) is 4. The molecule has 146 heavy (non-hydrogen) atoms. The minimum Gasteiger partial charge on any atom is -0.480 e. The molecular weight excluding hydrogens is 2000 g/mol. The Labute approximate surface area is 892 Å². The van der Waals surface area contributed by atoms with Crippen molar-refractivity contribution in [3.63, 3.8) is 0 Å². The van der Waals surface area contributed by atoms with Crippen molar-refractivity contribution in [1.82, 2.24) is 59.0 Å². The van der Waals surface area contributed by atoms with Gasteiger partial charge in [-0.2, -0.15) is 4.40 Å². The number of aromatic nitrogens is 7. The van der Waals surface area contributed by atoms with E-state index >= 15 is 0 Å². The third-order valence-electron chi connectivity index (χ3n) is 29.2. The van der Waals surface area contributed by atoms with E-state index in [1.54, 1.807) is 54.0 Å². The third-order valence-corrected chi connectivity index (χ3v) is 36.6. The highest BCUT2D eigenvalue weighted by Crippen LogP contribution is 2.57. The van der Waals surface area contributed by atoms with Gasteiger partial charge >= 0.3 is 18.3 Å². The second-order valence-corrected chi connectivity index (χ2v) is 54.7. The van der Waals surface area contributed by atoms with Crippen LogP contribution in [0.2, 0.25) is 10.0 Å². The second kappa shape index (κ2) is 45.5. The number of aromatic amines is 1. The van der Waals surface area contributed by atoms with Crippen molar-refractivity contribution in [3.8, 4) is 5.88 Å². The Bertz CT molecular complexity index is 6340. The number of hydrogen-bond donors (Lipinski definition) is 4. The van der Waals surface area contributed by atoms with Gasteiger partial charge in [-0.05, 0) is 294 Å². The number of anilines is 2. The summed E-state index contributed by atoms with van der Waals surface area (Å²) in [7, 11) is -2.09. The Morgan fingerprint density at radius 2 is 0.856 bits per heavy atom. The topological polar surface area (TPSA) is 345 Å². The Hall–Kier alpha value is -9.26. The number of carbonyl (C=O) groups excluding carboxylic acids is 4. The first kappa shape index (κ1) is 112. The molecule has 10 aliphatic rings. The Morgan fingerprint density at radius 1 is 0.445 bits per heavy atom. The van der Waals surface area contributed by atoms with Gasteiger partial charge in [0.05, 0.1) is 91.6 Å². The predicted molar refractivity (Wildman–Crippen MR) is 585 cm³/mol. The molecule has 36 heteroatoms. The van der Waals surface area contributed by atoms with E-state index in [0.717, 1.165) is 172 Å². The maximum Gasteiger partial charge on any atom is 0.410 e. The number of ketones is 1. The summed E-state index contributed by atoms with van der Waals surface area (Å²) in [5, 5.41) is 2.08. The van der Waals surface area contributed by atoms with E-state index in [-0.39, 0.29) is 102 Å².